The van der Waals surface area contributed by atoms with Gasteiger partial charge in [-0.2, -0.15) is 0 Å². The summed E-state index contributed by atoms with van der Waals surface area (Å²) in [7, 11) is 0. The van der Waals surface area contributed by atoms with Gasteiger partial charge in [-0.3, -0.25) is 4.79 Å². The first-order chi connectivity index (χ1) is 9.99. The van der Waals surface area contributed by atoms with Gasteiger partial charge in [0, 0.05) is 20.7 Å². The lowest BCUT2D eigenvalue weighted by Crippen LogP contribution is -2.11. The van der Waals surface area contributed by atoms with E-state index in [0.717, 1.165) is 16.6 Å². The molecule has 2 nitrogen and oxygen atoms in total. The van der Waals surface area contributed by atoms with Crippen LogP contribution in [0.5, 0.6) is 0 Å². The van der Waals surface area contributed by atoms with Gasteiger partial charge in [0.1, 0.15) is 0 Å². The number of benzene rings is 2. The van der Waals surface area contributed by atoms with Crippen molar-refractivity contribution in [3.8, 4) is 0 Å². The number of amides is 1. The Kier molecular flexibility index (Phi) is 5.43. The van der Waals surface area contributed by atoms with Gasteiger partial charge in [-0.25, -0.2) is 0 Å². The predicted molar refractivity (Wildman–Crippen MR) is 92.3 cm³/mol. The maximum atomic E-state index is 12.2. The quantitative estimate of drug-likeness (QED) is 0.720. The van der Waals surface area contributed by atoms with Gasteiger partial charge >= 0.3 is 0 Å². The molecule has 0 aliphatic rings. The van der Waals surface area contributed by atoms with Gasteiger partial charge in [-0.05, 0) is 48.2 Å². The van der Waals surface area contributed by atoms with Crippen LogP contribution in [-0.2, 0) is 0 Å². The van der Waals surface area contributed by atoms with Gasteiger partial charge in [-0.1, -0.05) is 53.5 Å². The monoisotopic (exact) mass is 365 g/mol. The van der Waals surface area contributed by atoms with E-state index in [1.807, 2.05) is 12.1 Å². The van der Waals surface area contributed by atoms with E-state index in [9.17, 15) is 4.79 Å². The summed E-state index contributed by atoms with van der Waals surface area (Å²) in [5, 5.41) is 3.41. The van der Waals surface area contributed by atoms with Crippen molar-refractivity contribution in [2.75, 3.05) is 5.32 Å². The zero-order chi connectivity index (χ0) is 15.4. The van der Waals surface area contributed by atoms with Crippen LogP contribution in [0.3, 0.4) is 0 Å². The van der Waals surface area contributed by atoms with Crippen molar-refractivity contribution in [3.63, 3.8) is 0 Å². The van der Waals surface area contributed by atoms with Gasteiger partial charge in [0.2, 0.25) is 0 Å². The van der Waals surface area contributed by atoms with Crippen molar-refractivity contribution < 1.29 is 4.79 Å². The number of rotatable bonds is 4. The molecule has 0 heterocycles. The van der Waals surface area contributed by atoms with Crippen molar-refractivity contribution in [2.24, 2.45) is 0 Å². The number of anilines is 1. The maximum absolute atomic E-state index is 12.2. The summed E-state index contributed by atoms with van der Waals surface area (Å²) in [6, 6.07) is 13.1. The lowest BCUT2D eigenvalue weighted by molar-refractivity contribution is 0.102. The Morgan fingerprint density at radius 1 is 1.24 bits per heavy atom. The van der Waals surface area contributed by atoms with E-state index in [0.29, 0.717) is 16.5 Å². The molecule has 4 heteroatoms. The molecule has 0 spiro atoms. The summed E-state index contributed by atoms with van der Waals surface area (Å²) < 4.78 is 0.785. The van der Waals surface area contributed by atoms with Crippen LogP contribution in [-0.4, -0.2) is 5.91 Å². The SMILES string of the molecule is CCC(C)c1ccc(NC(=O)c2cc(Cl)cc(Br)c2)cc1. The molecule has 0 bridgehead atoms. The van der Waals surface area contributed by atoms with Crippen LogP contribution in [0, 0.1) is 0 Å². The fourth-order valence-corrected chi connectivity index (χ4v) is 2.88. The molecule has 0 aromatic heterocycles. The Hall–Kier alpha value is -1.32. The van der Waals surface area contributed by atoms with Crippen LogP contribution in [0.4, 0.5) is 5.69 Å². The number of carbonyl (C=O) groups excluding carboxylic acids is 1. The first-order valence-electron chi connectivity index (χ1n) is 6.87. The minimum atomic E-state index is -0.172. The summed E-state index contributed by atoms with van der Waals surface area (Å²) in [5.41, 5.74) is 2.59. The third-order valence-electron chi connectivity index (χ3n) is 3.47. The fourth-order valence-electron chi connectivity index (χ4n) is 2.02. The summed E-state index contributed by atoms with van der Waals surface area (Å²) >= 11 is 9.29. The largest absolute Gasteiger partial charge is 0.322 e. The highest BCUT2D eigenvalue weighted by Gasteiger charge is 2.09. The Bertz CT molecular complexity index is 619. The van der Waals surface area contributed by atoms with E-state index in [-0.39, 0.29) is 5.91 Å². The second-order valence-corrected chi connectivity index (χ2v) is 6.40. The highest BCUT2D eigenvalue weighted by atomic mass is 79.9. The summed E-state index contributed by atoms with van der Waals surface area (Å²) in [5.74, 6) is 0.355. The molecule has 0 saturated heterocycles. The van der Waals surface area contributed by atoms with Crippen LogP contribution in [0.25, 0.3) is 0 Å². The molecule has 1 unspecified atom stereocenters. The van der Waals surface area contributed by atoms with Crippen molar-refractivity contribution in [2.45, 2.75) is 26.2 Å². The molecule has 0 radical (unpaired) electrons. The lowest BCUT2D eigenvalue weighted by atomic mass is 9.98. The van der Waals surface area contributed by atoms with Gasteiger partial charge in [-0.15, -0.1) is 0 Å². The van der Waals surface area contributed by atoms with Crippen LogP contribution < -0.4 is 5.32 Å². The van der Waals surface area contributed by atoms with E-state index in [1.54, 1.807) is 18.2 Å². The molecular weight excluding hydrogens is 350 g/mol. The summed E-state index contributed by atoms with van der Waals surface area (Å²) in [6.45, 7) is 4.36. The normalized spacial score (nSPS) is 12.0. The molecule has 1 atom stereocenters. The molecule has 0 fully saturated rings. The van der Waals surface area contributed by atoms with E-state index in [4.69, 9.17) is 11.6 Å². The van der Waals surface area contributed by atoms with E-state index < -0.39 is 0 Å². The molecule has 0 aliphatic heterocycles. The lowest BCUT2D eigenvalue weighted by Gasteiger charge is -2.11. The Labute approximate surface area is 138 Å². The molecule has 0 aliphatic carbocycles. The van der Waals surface area contributed by atoms with Crippen LogP contribution in [0.1, 0.15) is 42.1 Å². The minimum absolute atomic E-state index is 0.172. The van der Waals surface area contributed by atoms with Gasteiger partial charge in [0.05, 0.1) is 0 Å². The third kappa shape index (κ3) is 4.32. The fraction of sp³-hybridized carbons (Fsp3) is 0.235. The summed E-state index contributed by atoms with van der Waals surface area (Å²) in [4.78, 5) is 12.2. The number of hydrogen-bond acceptors (Lipinski definition) is 1. The average Bonchev–Trinajstić information content (AvgIpc) is 2.46. The molecule has 2 aromatic rings. The first kappa shape index (κ1) is 16.1. The van der Waals surface area contributed by atoms with Crippen molar-refractivity contribution in [3.05, 3.63) is 63.1 Å². The molecule has 0 saturated carbocycles. The number of nitrogens with one attached hydrogen (secondary N) is 1. The van der Waals surface area contributed by atoms with E-state index >= 15 is 0 Å². The predicted octanol–water partition coefficient (Wildman–Crippen LogP) is 5.87. The molecule has 2 rings (SSSR count). The minimum Gasteiger partial charge on any atom is -0.322 e. The molecule has 2 aromatic carbocycles. The van der Waals surface area contributed by atoms with E-state index in [2.05, 4.69) is 47.2 Å². The highest BCUT2D eigenvalue weighted by molar-refractivity contribution is 9.10. The molecule has 110 valence electrons. The number of hydrogen-bond donors (Lipinski definition) is 1. The summed E-state index contributed by atoms with van der Waals surface area (Å²) in [6.07, 6.45) is 1.10. The van der Waals surface area contributed by atoms with E-state index in [1.165, 1.54) is 5.56 Å². The second-order valence-electron chi connectivity index (χ2n) is 5.04. The standard InChI is InChI=1S/C17H17BrClNO/c1-3-11(2)12-4-6-16(7-5-12)20-17(21)13-8-14(18)10-15(19)9-13/h4-11H,3H2,1-2H3,(H,20,21). The first-order valence-corrected chi connectivity index (χ1v) is 8.04. The average molecular weight is 367 g/mol. The van der Waals surface area contributed by atoms with Crippen molar-refractivity contribution >= 4 is 39.1 Å². The van der Waals surface area contributed by atoms with Crippen molar-refractivity contribution in [1.82, 2.24) is 0 Å². The number of halogens is 2. The smallest absolute Gasteiger partial charge is 0.255 e. The molecule has 1 amide bonds. The molecule has 21 heavy (non-hydrogen) atoms. The Morgan fingerprint density at radius 3 is 2.48 bits per heavy atom. The van der Waals surface area contributed by atoms with Gasteiger partial charge in [0.15, 0.2) is 0 Å². The Balaban J connectivity index is 2.12. The van der Waals surface area contributed by atoms with Crippen molar-refractivity contribution in [1.29, 1.82) is 0 Å². The Morgan fingerprint density at radius 2 is 1.90 bits per heavy atom. The number of carbonyl (C=O) groups is 1. The van der Waals surface area contributed by atoms with Crippen LogP contribution in [0.15, 0.2) is 46.9 Å². The van der Waals surface area contributed by atoms with Gasteiger partial charge < -0.3 is 5.32 Å². The van der Waals surface area contributed by atoms with Gasteiger partial charge in [0.25, 0.3) is 5.91 Å². The maximum Gasteiger partial charge on any atom is 0.255 e. The molecule has 1 N–H and O–H groups in total. The zero-order valence-electron chi connectivity index (χ0n) is 12.0. The van der Waals surface area contributed by atoms with Crippen LogP contribution in [0.2, 0.25) is 5.02 Å². The zero-order valence-corrected chi connectivity index (χ0v) is 14.3. The van der Waals surface area contributed by atoms with Crippen LogP contribution >= 0.6 is 27.5 Å². The topological polar surface area (TPSA) is 29.1 Å². The molecular formula is C17H17BrClNO. The third-order valence-corrected chi connectivity index (χ3v) is 4.15. The second kappa shape index (κ2) is 7.10. The highest BCUT2D eigenvalue weighted by Crippen LogP contribution is 2.22.